The van der Waals surface area contributed by atoms with E-state index in [0.717, 1.165) is 59.8 Å². The van der Waals surface area contributed by atoms with Crippen LogP contribution in [0.15, 0.2) is 42.5 Å². The van der Waals surface area contributed by atoms with Crippen molar-refractivity contribution in [2.45, 2.75) is 70.9 Å². The van der Waals surface area contributed by atoms with E-state index in [2.05, 4.69) is 25.2 Å². The van der Waals surface area contributed by atoms with Crippen LogP contribution in [0.1, 0.15) is 73.2 Å². The zero-order valence-corrected chi connectivity index (χ0v) is 22.1. The summed E-state index contributed by atoms with van der Waals surface area (Å²) in [5.74, 6) is -0.643. The number of aromatic nitrogens is 1. The van der Waals surface area contributed by atoms with Crippen molar-refractivity contribution in [1.29, 1.82) is 0 Å². The third-order valence-electron chi connectivity index (χ3n) is 7.75. The van der Waals surface area contributed by atoms with Gasteiger partial charge in [0.05, 0.1) is 17.5 Å². The Morgan fingerprint density at radius 3 is 2.53 bits per heavy atom. The lowest BCUT2D eigenvalue weighted by Gasteiger charge is -2.31. The summed E-state index contributed by atoms with van der Waals surface area (Å²) < 4.78 is 7.40. The minimum absolute atomic E-state index is 0.103. The number of carbonyl (C=O) groups excluding carboxylic acids is 3. The minimum Gasteiger partial charge on any atom is -0.462 e. The summed E-state index contributed by atoms with van der Waals surface area (Å²) in [4.78, 5) is 37.4. The van der Waals surface area contributed by atoms with E-state index in [1.807, 2.05) is 34.9 Å². The zero-order valence-electron chi connectivity index (χ0n) is 22.1. The summed E-state index contributed by atoms with van der Waals surface area (Å²) in [6, 6.07) is 13.8. The van der Waals surface area contributed by atoms with Gasteiger partial charge in [-0.3, -0.25) is 19.0 Å². The Labute approximate surface area is 222 Å². The maximum Gasteiger partial charge on any atom is 0.307 e. The molecule has 38 heavy (non-hydrogen) atoms. The van der Waals surface area contributed by atoms with Gasteiger partial charge >= 0.3 is 5.97 Å². The van der Waals surface area contributed by atoms with Gasteiger partial charge in [-0.1, -0.05) is 38.1 Å². The Kier molecular flexibility index (Phi) is 7.01. The van der Waals surface area contributed by atoms with Gasteiger partial charge in [0.1, 0.15) is 6.10 Å². The highest BCUT2D eigenvalue weighted by Crippen LogP contribution is 2.43. The Morgan fingerprint density at radius 2 is 1.82 bits per heavy atom. The quantitative estimate of drug-likeness (QED) is 0.393. The topological polar surface area (TPSA) is 129 Å². The predicted octanol–water partition coefficient (Wildman–Crippen LogP) is 4.63. The summed E-state index contributed by atoms with van der Waals surface area (Å²) in [6.45, 7) is 4.54. The first-order chi connectivity index (χ1) is 18.2. The van der Waals surface area contributed by atoms with Crippen molar-refractivity contribution in [1.82, 2.24) is 4.57 Å². The molecule has 0 atom stereocenters. The summed E-state index contributed by atoms with van der Waals surface area (Å²) in [5, 5.41) is 4.57. The van der Waals surface area contributed by atoms with Crippen LogP contribution >= 0.6 is 0 Å². The molecule has 0 saturated heterocycles. The molecule has 8 heteroatoms. The summed E-state index contributed by atoms with van der Waals surface area (Å²) in [5.41, 5.74) is 16.1. The zero-order chi connectivity index (χ0) is 27.0. The number of anilines is 1. The van der Waals surface area contributed by atoms with Crippen LogP contribution in [0.3, 0.4) is 0 Å². The second-order valence-electron chi connectivity index (χ2n) is 11.4. The largest absolute Gasteiger partial charge is 0.462 e. The van der Waals surface area contributed by atoms with Crippen molar-refractivity contribution in [3.05, 3.63) is 53.7 Å². The number of nitrogens with zero attached hydrogens (tertiary/aromatic N) is 1. The van der Waals surface area contributed by atoms with E-state index in [-0.39, 0.29) is 42.4 Å². The monoisotopic (exact) mass is 516 g/mol. The van der Waals surface area contributed by atoms with E-state index in [1.165, 1.54) is 0 Å². The highest BCUT2D eigenvalue weighted by Gasteiger charge is 2.35. The molecule has 5 rings (SSSR count). The summed E-state index contributed by atoms with van der Waals surface area (Å²) in [6.07, 6.45) is 4.49. The first-order valence-corrected chi connectivity index (χ1v) is 13.4. The van der Waals surface area contributed by atoms with E-state index in [4.69, 9.17) is 16.2 Å². The molecule has 5 N–H and O–H groups in total. The van der Waals surface area contributed by atoms with E-state index in [0.29, 0.717) is 17.7 Å². The molecule has 3 aromatic rings. The fourth-order valence-corrected chi connectivity index (χ4v) is 6.01. The van der Waals surface area contributed by atoms with Crippen molar-refractivity contribution in [3.8, 4) is 11.1 Å². The Balaban J connectivity index is 1.47. The number of ether oxygens (including phenoxy) is 1. The number of nitrogens with one attached hydrogen (secondary N) is 1. The van der Waals surface area contributed by atoms with E-state index >= 15 is 0 Å². The molecule has 1 aliphatic carbocycles. The Hall–Kier alpha value is -3.65. The average molecular weight is 517 g/mol. The van der Waals surface area contributed by atoms with Crippen molar-refractivity contribution in [2.75, 3.05) is 11.9 Å². The number of carbonyl (C=O) groups is 3. The van der Waals surface area contributed by atoms with Crippen LogP contribution in [0, 0.1) is 5.41 Å². The summed E-state index contributed by atoms with van der Waals surface area (Å²) in [7, 11) is 0. The first-order valence-electron chi connectivity index (χ1n) is 13.4. The van der Waals surface area contributed by atoms with Gasteiger partial charge in [0, 0.05) is 41.3 Å². The van der Waals surface area contributed by atoms with Gasteiger partial charge in [0.15, 0.2) is 0 Å². The van der Waals surface area contributed by atoms with Crippen LogP contribution in [0.25, 0.3) is 22.0 Å². The molecule has 0 spiro atoms. The van der Waals surface area contributed by atoms with Crippen molar-refractivity contribution in [3.63, 3.8) is 0 Å². The average Bonchev–Trinajstić information content (AvgIpc) is 3.18. The van der Waals surface area contributed by atoms with Crippen molar-refractivity contribution < 1.29 is 19.1 Å². The van der Waals surface area contributed by atoms with Crippen LogP contribution in [0.5, 0.6) is 0 Å². The van der Waals surface area contributed by atoms with Crippen LogP contribution in [0.2, 0.25) is 0 Å². The molecule has 0 unspecified atom stereocenters. The Morgan fingerprint density at radius 1 is 1.08 bits per heavy atom. The van der Waals surface area contributed by atoms with Gasteiger partial charge in [0.2, 0.25) is 5.91 Å². The molecule has 1 amide bonds. The number of fused-ring (bicyclic) bond motifs is 3. The fourth-order valence-electron chi connectivity index (χ4n) is 6.01. The van der Waals surface area contributed by atoms with Gasteiger partial charge in [-0.25, -0.2) is 0 Å². The lowest BCUT2D eigenvalue weighted by atomic mass is 9.80. The number of amides is 1. The highest BCUT2D eigenvalue weighted by atomic mass is 16.5. The number of benzene rings is 2. The van der Waals surface area contributed by atoms with E-state index in [1.54, 1.807) is 6.07 Å². The van der Waals surface area contributed by atoms with Gasteiger partial charge in [-0.2, -0.15) is 0 Å². The molecule has 1 fully saturated rings. The number of rotatable bonds is 7. The molecule has 8 nitrogen and oxygen atoms in total. The standard InChI is InChI=1S/C30H36N4O4/c1-30(2)16-25-28(22-5-3-4-6-24(22)34(25)26(35)17-30)18-7-12-21(29(32)37)23(15-18)33-19-8-10-20(11-9-19)38-27(36)13-14-31/h3-7,12,15,19-20,33H,8-11,13-14,16-17,31H2,1-2H3,(H2,32,37)/t19-,20-. The highest BCUT2D eigenvalue weighted by molar-refractivity contribution is 6.06. The predicted molar refractivity (Wildman–Crippen MR) is 148 cm³/mol. The third kappa shape index (κ3) is 5.05. The number of esters is 1. The van der Waals surface area contributed by atoms with Crippen LogP contribution in [-0.4, -0.2) is 41.0 Å². The molecular weight excluding hydrogens is 480 g/mol. The van der Waals surface area contributed by atoms with Gasteiger partial charge in [0.25, 0.3) is 5.91 Å². The third-order valence-corrected chi connectivity index (χ3v) is 7.75. The molecule has 1 saturated carbocycles. The van der Waals surface area contributed by atoms with Crippen molar-refractivity contribution >= 4 is 34.4 Å². The molecule has 1 aliphatic heterocycles. The molecule has 2 aliphatic rings. The van der Waals surface area contributed by atoms with Crippen LogP contribution < -0.4 is 16.8 Å². The lowest BCUT2D eigenvalue weighted by molar-refractivity contribution is -0.150. The second-order valence-corrected chi connectivity index (χ2v) is 11.4. The molecular formula is C30H36N4O4. The molecule has 2 aromatic carbocycles. The van der Waals surface area contributed by atoms with Gasteiger partial charge in [-0.05, 0) is 61.3 Å². The van der Waals surface area contributed by atoms with Gasteiger partial charge in [-0.15, -0.1) is 0 Å². The smallest absolute Gasteiger partial charge is 0.307 e. The molecule has 200 valence electrons. The summed E-state index contributed by atoms with van der Waals surface area (Å²) >= 11 is 0. The van der Waals surface area contributed by atoms with Gasteiger partial charge < -0.3 is 21.5 Å². The van der Waals surface area contributed by atoms with E-state index < -0.39 is 5.91 Å². The van der Waals surface area contributed by atoms with Crippen LogP contribution in [-0.2, 0) is 16.0 Å². The number of para-hydroxylation sites is 1. The van der Waals surface area contributed by atoms with Crippen molar-refractivity contribution in [2.24, 2.45) is 16.9 Å². The lowest BCUT2D eigenvalue weighted by Crippen LogP contribution is -2.32. The molecule has 0 radical (unpaired) electrons. The SMILES string of the molecule is CC1(C)CC(=O)n2c(c(-c3ccc(C(N)=O)c(N[C@H]4CC[C@H](OC(=O)CCN)CC4)c3)c3ccccc32)C1. The second kappa shape index (κ2) is 10.3. The Bertz CT molecular complexity index is 1400. The number of hydrogen-bond acceptors (Lipinski definition) is 6. The maximum absolute atomic E-state index is 13.2. The van der Waals surface area contributed by atoms with Crippen LogP contribution in [0.4, 0.5) is 5.69 Å². The number of nitrogens with two attached hydrogens (primary N) is 2. The molecule has 0 bridgehead atoms. The first kappa shape index (κ1) is 26.0. The number of hydrogen-bond donors (Lipinski definition) is 3. The number of primary amides is 1. The minimum atomic E-state index is -0.497. The fraction of sp³-hybridized carbons (Fsp3) is 0.433. The normalized spacial score (nSPS) is 20.7. The molecule has 1 aromatic heterocycles. The van der Waals surface area contributed by atoms with E-state index in [9.17, 15) is 14.4 Å². The maximum atomic E-state index is 13.2. The molecule has 2 heterocycles.